The molecule has 0 aromatic rings. The van der Waals surface area contributed by atoms with Crippen molar-refractivity contribution in [1.29, 1.82) is 0 Å². The van der Waals surface area contributed by atoms with Gasteiger partial charge in [0.15, 0.2) is 18.3 Å². The number of ether oxygens (including phenoxy) is 1. The Kier molecular flexibility index (Phi) is 4.60. The summed E-state index contributed by atoms with van der Waals surface area (Å²) >= 11 is 0. The second-order valence-corrected chi connectivity index (χ2v) is 3.48. The number of hydrogen-bond acceptors (Lipinski definition) is 4. The van der Waals surface area contributed by atoms with Gasteiger partial charge < -0.3 is 10.1 Å². The first-order valence-corrected chi connectivity index (χ1v) is 4.89. The molecule has 1 aliphatic rings. The summed E-state index contributed by atoms with van der Waals surface area (Å²) in [6.45, 7) is 0.884. The van der Waals surface area contributed by atoms with Crippen LogP contribution < -0.4 is 5.32 Å². The summed E-state index contributed by atoms with van der Waals surface area (Å²) in [5.41, 5.74) is 0.402. The number of carbonyl (C=O) groups is 2. The first-order chi connectivity index (χ1) is 7.30. The van der Waals surface area contributed by atoms with Crippen molar-refractivity contribution in [3.05, 3.63) is 23.6 Å². The molecule has 0 aliphatic heterocycles. The molecule has 1 N–H and O–H groups in total. The molecule has 0 aromatic heterocycles. The van der Waals surface area contributed by atoms with E-state index < -0.39 is 0 Å². The highest BCUT2D eigenvalue weighted by atomic mass is 16.5. The smallest absolute Gasteiger partial charge is 0.184 e. The second kappa shape index (κ2) is 6.01. The van der Waals surface area contributed by atoms with Crippen LogP contribution in [0.3, 0.4) is 0 Å². The van der Waals surface area contributed by atoms with Crippen LogP contribution in [0.4, 0.5) is 0 Å². The maximum Gasteiger partial charge on any atom is 0.184 e. The first-order valence-electron chi connectivity index (χ1n) is 4.89. The number of hydrogen-bond donors (Lipinski definition) is 1. The lowest BCUT2D eigenvalue weighted by Gasteiger charge is -1.99. The minimum atomic E-state index is 0.140. The third kappa shape index (κ3) is 4.44. The van der Waals surface area contributed by atoms with Crippen molar-refractivity contribution in [2.24, 2.45) is 5.92 Å². The molecule has 0 radical (unpaired) electrons. The monoisotopic (exact) mass is 209 g/mol. The average Bonchev–Trinajstić information content (AvgIpc) is 3.07. The summed E-state index contributed by atoms with van der Waals surface area (Å²) in [6, 6.07) is 0. The quantitative estimate of drug-likeness (QED) is 0.291. The minimum Gasteiger partial charge on any atom is -0.493 e. The SMILES string of the molecule is CO/C(C=O)=C/C(C=O)=C\NCC1CC1. The Balaban J connectivity index is 2.47. The molecule has 1 rings (SSSR count). The van der Waals surface area contributed by atoms with Gasteiger partial charge >= 0.3 is 0 Å². The molecular weight excluding hydrogens is 194 g/mol. The van der Waals surface area contributed by atoms with Gasteiger partial charge in [-0.25, -0.2) is 0 Å². The van der Waals surface area contributed by atoms with Crippen LogP contribution in [0.1, 0.15) is 12.8 Å². The fourth-order valence-electron chi connectivity index (χ4n) is 1.08. The molecular formula is C11H15NO3. The summed E-state index contributed by atoms with van der Waals surface area (Å²) in [5, 5.41) is 3.04. The standard InChI is InChI=1S/C11H15NO3/c1-15-11(8-14)4-10(7-13)6-12-5-9-2-3-9/h4,6-9,12H,2-3,5H2,1H3/b10-6+,11-4+. The highest BCUT2D eigenvalue weighted by Crippen LogP contribution is 2.27. The maximum atomic E-state index is 10.6. The summed E-state index contributed by atoms with van der Waals surface area (Å²) in [7, 11) is 1.39. The number of methoxy groups -OCH3 is 1. The Morgan fingerprint density at radius 3 is 2.60 bits per heavy atom. The van der Waals surface area contributed by atoms with Gasteiger partial charge in [-0.15, -0.1) is 0 Å². The molecule has 0 spiro atoms. The molecule has 0 unspecified atom stereocenters. The van der Waals surface area contributed by atoms with Gasteiger partial charge in [0.05, 0.1) is 7.11 Å². The fraction of sp³-hybridized carbons (Fsp3) is 0.455. The molecule has 15 heavy (non-hydrogen) atoms. The van der Waals surface area contributed by atoms with Crippen LogP contribution in [0, 0.1) is 5.92 Å². The molecule has 0 aromatic carbocycles. The van der Waals surface area contributed by atoms with Crippen molar-refractivity contribution in [2.75, 3.05) is 13.7 Å². The molecule has 4 nitrogen and oxygen atoms in total. The van der Waals surface area contributed by atoms with Crippen LogP contribution in [-0.2, 0) is 14.3 Å². The zero-order chi connectivity index (χ0) is 11.1. The van der Waals surface area contributed by atoms with Crippen molar-refractivity contribution in [3.63, 3.8) is 0 Å². The topological polar surface area (TPSA) is 55.4 Å². The van der Waals surface area contributed by atoms with Crippen LogP contribution in [0.2, 0.25) is 0 Å². The third-order valence-electron chi connectivity index (χ3n) is 2.17. The zero-order valence-corrected chi connectivity index (χ0v) is 8.73. The number of allylic oxidation sites excluding steroid dienone is 3. The van der Waals surface area contributed by atoms with E-state index in [0.29, 0.717) is 18.1 Å². The first kappa shape index (κ1) is 11.5. The second-order valence-electron chi connectivity index (χ2n) is 3.48. The van der Waals surface area contributed by atoms with Crippen LogP contribution in [0.15, 0.2) is 23.6 Å². The van der Waals surface area contributed by atoms with Crippen molar-refractivity contribution in [3.8, 4) is 0 Å². The van der Waals surface area contributed by atoms with Crippen LogP contribution in [0.25, 0.3) is 0 Å². The normalized spacial score (nSPS) is 17.1. The van der Waals surface area contributed by atoms with Crippen LogP contribution >= 0.6 is 0 Å². The van der Waals surface area contributed by atoms with Crippen molar-refractivity contribution < 1.29 is 14.3 Å². The van der Waals surface area contributed by atoms with E-state index >= 15 is 0 Å². The molecule has 1 fully saturated rings. The van der Waals surface area contributed by atoms with Crippen LogP contribution in [-0.4, -0.2) is 26.2 Å². The average molecular weight is 209 g/mol. The molecule has 4 heteroatoms. The van der Waals surface area contributed by atoms with Gasteiger partial charge in [0.25, 0.3) is 0 Å². The predicted octanol–water partition coefficient (Wildman–Crippen LogP) is 0.798. The van der Waals surface area contributed by atoms with E-state index in [4.69, 9.17) is 4.74 Å². The number of rotatable bonds is 7. The van der Waals surface area contributed by atoms with Gasteiger partial charge in [-0.2, -0.15) is 0 Å². The van der Waals surface area contributed by atoms with Gasteiger partial charge in [-0.3, -0.25) is 9.59 Å². The van der Waals surface area contributed by atoms with E-state index in [2.05, 4.69) is 5.32 Å². The Morgan fingerprint density at radius 2 is 2.13 bits per heavy atom. The third-order valence-corrected chi connectivity index (χ3v) is 2.17. The highest BCUT2D eigenvalue weighted by Gasteiger charge is 2.19. The van der Waals surface area contributed by atoms with Gasteiger partial charge in [-0.05, 0) is 24.8 Å². The van der Waals surface area contributed by atoms with Crippen molar-refractivity contribution in [1.82, 2.24) is 5.32 Å². The van der Waals surface area contributed by atoms with E-state index in [-0.39, 0.29) is 5.76 Å². The Bertz CT molecular complexity index is 290. The lowest BCUT2D eigenvalue weighted by molar-refractivity contribution is -0.107. The Hall–Kier alpha value is -1.58. The molecule has 0 bridgehead atoms. The number of carbonyl (C=O) groups excluding carboxylic acids is 2. The van der Waals surface area contributed by atoms with E-state index in [1.54, 1.807) is 6.20 Å². The summed E-state index contributed by atoms with van der Waals surface area (Å²) < 4.78 is 4.74. The van der Waals surface area contributed by atoms with Crippen molar-refractivity contribution >= 4 is 12.6 Å². The summed E-state index contributed by atoms with van der Waals surface area (Å²) in [5.74, 6) is 0.882. The minimum absolute atomic E-state index is 0.140. The lowest BCUT2D eigenvalue weighted by atomic mass is 10.2. The van der Waals surface area contributed by atoms with E-state index in [1.807, 2.05) is 0 Å². The van der Waals surface area contributed by atoms with E-state index in [1.165, 1.54) is 26.0 Å². The largest absolute Gasteiger partial charge is 0.493 e. The zero-order valence-electron chi connectivity index (χ0n) is 8.73. The summed E-state index contributed by atoms with van der Waals surface area (Å²) in [6.07, 6.45) is 6.77. The number of aldehydes is 2. The molecule has 0 atom stereocenters. The lowest BCUT2D eigenvalue weighted by Crippen LogP contribution is -2.10. The van der Waals surface area contributed by atoms with Gasteiger partial charge in [0, 0.05) is 18.3 Å². The highest BCUT2D eigenvalue weighted by molar-refractivity contribution is 5.81. The fourth-order valence-corrected chi connectivity index (χ4v) is 1.08. The number of nitrogens with one attached hydrogen (secondary N) is 1. The summed E-state index contributed by atoms with van der Waals surface area (Å²) in [4.78, 5) is 21.1. The van der Waals surface area contributed by atoms with Crippen LogP contribution in [0.5, 0.6) is 0 Å². The molecule has 1 saturated carbocycles. The van der Waals surface area contributed by atoms with E-state index in [0.717, 1.165) is 12.5 Å². The van der Waals surface area contributed by atoms with E-state index in [9.17, 15) is 9.59 Å². The Labute approximate surface area is 89.0 Å². The van der Waals surface area contributed by atoms with Gasteiger partial charge in [-0.1, -0.05) is 0 Å². The van der Waals surface area contributed by atoms with Gasteiger partial charge in [0.2, 0.25) is 0 Å². The maximum absolute atomic E-state index is 10.6. The predicted molar refractivity (Wildman–Crippen MR) is 56.0 cm³/mol. The Morgan fingerprint density at radius 1 is 1.40 bits per heavy atom. The molecule has 0 heterocycles. The molecule has 1 aliphatic carbocycles. The molecule has 0 amide bonds. The molecule has 0 saturated heterocycles. The van der Waals surface area contributed by atoms with Gasteiger partial charge in [0.1, 0.15) is 0 Å². The van der Waals surface area contributed by atoms with Crippen molar-refractivity contribution in [2.45, 2.75) is 12.8 Å². The molecule has 82 valence electrons.